The first-order chi connectivity index (χ1) is 18.5. The summed E-state index contributed by atoms with van der Waals surface area (Å²) < 4.78 is 29.3. The van der Waals surface area contributed by atoms with Gasteiger partial charge in [-0.3, -0.25) is 4.79 Å². The molecule has 7 nitrogen and oxygen atoms in total. The van der Waals surface area contributed by atoms with E-state index in [2.05, 4.69) is 5.32 Å². The Morgan fingerprint density at radius 1 is 0.868 bits per heavy atom. The van der Waals surface area contributed by atoms with Gasteiger partial charge in [-0.15, -0.1) is 11.3 Å². The van der Waals surface area contributed by atoms with Crippen LogP contribution in [0, 0.1) is 5.82 Å². The number of thiophene rings is 1. The minimum Gasteiger partial charge on any atom is -0.488 e. The van der Waals surface area contributed by atoms with Crippen LogP contribution in [0.25, 0.3) is 11.1 Å². The van der Waals surface area contributed by atoms with E-state index in [0.29, 0.717) is 10.6 Å². The summed E-state index contributed by atoms with van der Waals surface area (Å²) in [5.41, 5.74) is 2.53. The van der Waals surface area contributed by atoms with Gasteiger partial charge in [-0.05, 0) is 42.3 Å². The molecule has 0 atom stereocenters. The summed E-state index contributed by atoms with van der Waals surface area (Å²) in [6.07, 6.45) is 0. The van der Waals surface area contributed by atoms with Crippen LogP contribution in [-0.4, -0.2) is 31.1 Å². The molecule has 0 unspecified atom stereocenters. The summed E-state index contributed by atoms with van der Waals surface area (Å²) in [5.74, 6) is -2.03. The van der Waals surface area contributed by atoms with E-state index in [1.165, 1.54) is 29.5 Å². The first-order valence-corrected chi connectivity index (χ1v) is 12.6. The van der Waals surface area contributed by atoms with E-state index in [1.807, 2.05) is 30.3 Å². The lowest BCUT2D eigenvalue weighted by Crippen LogP contribution is -2.22. The van der Waals surface area contributed by atoms with Crippen LogP contribution in [0.15, 0.2) is 84.2 Å². The summed E-state index contributed by atoms with van der Waals surface area (Å²) in [6.45, 7) is 1.41. The minimum absolute atomic E-state index is 0.115. The lowest BCUT2D eigenvalue weighted by Gasteiger charge is -2.12. The molecule has 0 spiro atoms. The number of ether oxygens (including phenoxy) is 3. The normalized spacial score (nSPS) is 10.5. The summed E-state index contributed by atoms with van der Waals surface area (Å²) in [6, 6.07) is 21.5. The number of esters is 2. The smallest absolute Gasteiger partial charge is 0.342 e. The largest absolute Gasteiger partial charge is 0.488 e. The molecule has 1 heterocycles. The van der Waals surface area contributed by atoms with Crippen LogP contribution in [0.1, 0.15) is 33.2 Å². The van der Waals surface area contributed by atoms with E-state index in [1.54, 1.807) is 42.6 Å². The van der Waals surface area contributed by atoms with E-state index >= 15 is 0 Å². The third-order valence-electron chi connectivity index (χ3n) is 5.36. The van der Waals surface area contributed by atoms with Gasteiger partial charge in [0.15, 0.2) is 6.61 Å². The van der Waals surface area contributed by atoms with Crippen LogP contribution < -0.4 is 10.1 Å². The van der Waals surface area contributed by atoms with Gasteiger partial charge >= 0.3 is 11.9 Å². The van der Waals surface area contributed by atoms with Crippen molar-refractivity contribution in [2.45, 2.75) is 13.5 Å². The van der Waals surface area contributed by atoms with Crippen LogP contribution in [-0.2, 0) is 20.9 Å². The fraction of sp³-hybridized carbons (Fsp3) is 0.138. The van der Waals surface area contributed by atoms with E-state index in [0.717, 1.165) is 11.1 Å². The van der Waals surface area contributed by atoms with Crippen molar-refractivity contribution in [3.8, 4) is 16.9 Å². The van der Waals surface area contributed by atoms with Gasteiger partial charge in [-0.25, -0.2) is 14.0 Å². The van der Waals surface area contributed by atoms with Gasteiger partial charge in [0.25, 0.3) is 5.91 Å². The van der Waals surface area contributed by atoms with Crippen molar-refractivity contribution >= 4 is 34.2 Å². The number of hydrogen-bond acceptors (Lipinski definition) is 7. The Morgan fingerprint density at radius 2 is 1.58 bits per heavy atom. The van der Waals surface area contributed by atoms with Crippen molar-refractivity contribution in [2.24, 2.45) is 0 Å². The maximum atomic E-state index is 13.1. The third-order valence-corrected chi connectivity index (χ3v) is 6.25. The molecule has 38 heavy (non-hydrogen) atoms. The SMILES string of the molecule is CCOC(=O)c1c(-c2ccccc2)csc1NC(=O)COC(=O)c1ccccc1OCc1ccc(F)cc1. The maximum Gasteiger partial charge on any atom is 0.342 e. The zero-order chi connectivity index (χ0) is 26.9. The molecule has 4 rings (SSSR count). The highest BCUT2D eigenvalue weighted by Crippen LogP contribution is 2.36. The number of halogens is 1. The molecule has 1 aromatic heterocycles. The number of rotatable bonds is 10. The topological polar surface area (TPSA) is 90.9 Å². The molecule has 0 aliphatic rings. The number of carbonyl (C=O) groups excluding carboxylic acids is 3. The average molecular weight is 534 g/mol. The van der Waals surface area contributed by atoms with Crippen LogP contribution in [0.4, 0.5) is 9.39 Å². The Morgan fingerprint density at radius 3 is 2.32 bits per heavy atom. The highest BCUT2D eigenvalue weighted by molar-refractivity contribution is 7.15. The van der Waals surface area contributed by atoms with E-state index < -0.39 is 24.5 Å². The molecule has 194 valence electrons. The molecule has 0 bridgehead atoms. The molecule has 1 N–H and O–H groups in total. The highest BCUT2D eigenvalue weighted by Gasteiger charge is 2.23. The molecule has 0 radical (unpaired) electrons. The van der Waals surface area contributed by atoms with Crippen LogP contribution in [0.2, 0.25) is 0 Å². The summed E-state index contributed by atoms with van der Waals surface area (Å²) >= 11 is 1.18. The van der Waals surface area contributed by atoms with Crippen molar-refractivity contribution < 1.29 is 33.0 Å². The first kappa shape index (κ1) is 26.6. The van der Waals surface area contributed by atoms with Crippen molar-refractivity contribution in [3.05, 3.63) is 107 Å². The Bertz CT molecular complexity index is 1420. The molecule has 0 saturated heterocycles. The number of benzene rings is 3. The fourth-order valence-corrected chi connectivity index (χ4v) is 4.53. The van der Waals surface area contributed by atoms with Gasteiger partial charge < -0.3 is 19.5 Å². The maximum absolute atomic E-state index is 13.1. The van der Waals surface area contributed by atoms with Gasteiger partial charge in [0, 0.05) is 10.9 Å². The molecule has 1 amide bonds. The molecule has 0 aliphatic heterocycles. The summed E-state index contributed by atoms with van der Waals surface area (Å²) in [5, 5.41) is 4.71. The Labute approximate surface area is 222 Å². The molecular weight excluding hydrogens is 509 g/mol. The van der Waals surface area contributed by atoms with Crippen LogP contribution in [0.3, 0.4) is 0 Å². The Hall–Kier alpha value is -4.50. The number of nitrogens with one attached hydrogen (secondary N) is 1. The number of anilines is 1. The van der Waals surface area contributed by atoms with Crippen molar-refractivity contribution in [1.29, 1.82) is 0 Å². The number of para-hydroxylation sites is 1. The van der Waals surface area contributed by atoms with Gasteiger partial charge in [-0.1, -0.05) is 54.6 Å². The van der Waals surface area contributed by atoms with E-state index in [9.17, 15) is 18.8 Å². The van der Waals surface area contributed by atoms with Gasteiger partial charge in [0.2, 0.25) is 0 Å². The summed E-state index contributed by atoms with van der Waals surface area (Å²) in [4.78, 5) is 38.1. The molecule has 0 aliphatic carbocycles. The highest BCUT2D eigenvalue weighted by atomic mass is 32.1. The Balaban J connectivity index is 1.41. The molecule has 0 fully saturated rings. The minimum atomic E-state index is -0.753. The second-order valence-corrected chi connectivity index (χ2v) is 8.86. The van der Waals surface area contributed by atoms with Crippen molar-refractivity contribution in [1.82, 2.24) is 0 Å². The van der Waals surface area contributed by atoms with Crippen molar-refractivity contribution in [2.75, 3.05) is 18.5 Å². The van der Waals surface area contributed by atoms with Gasteiger partial charge in [-0.2, -0.15) is 0 Å². The molecular formula is C29H24FNO6S. The third kappa shape index (κ3) is 6.63. The zero-order valence-corrected chi connectivity index (χ0v) is 21.3. The average Bonchev–Trinajstić information content (AvgIpc) is 3.35. The molecule has 3 aromatic carbocycles. The summed E-state index contributed by atoms with van der Waals surface area (Å²) in [7, 11) is 0. The molecule has 9 heteroatoms. The standard InChI is InChI=1S/C29H24FNO6S/c1-2-35-29(34)26-23(20-8-4-3-5-9-20)18-38-27(26)31-25(32)17-37-28(33)22-10-6-7-11-24(22)36-16-19-12-14-21(30)15-13-19/h3-15,18H,2,16-17H2,1H3,(H,31,32). The number of carbonyl (C=O) groups is 3. The second kappa shape index (κ2) is 12.6. The lowest BCUT2D eigenvalue weighted by atomic mass is 10.0. The van der Waals surface area contributed by atoms with Crippen LogP contribution in [0.5, 0.6) is 5.75 Å². The van der Waals surface area contributed by atoms with Crippen LogP contribution >= 0.6 is 11.3 Å². The second-order valence-electron chi connectivity index (χ2n) is 7.98. The molecule has 0 saturated carbocycles. The number of amides is 1. The van der Waals surface area contributed by atoms with Crippen molar-refractivity contribution in [3.63, 3.8) is 0 Å². The zero-order valence-electron chi connectivity index (χ0n) is 20.4. The van der Waals surface area contributed by atoms with E-state index in [4.69, 9.17) is 14.2 Å². The molecule has 4 aromatic rings. The predicted octanol–water partition coefficient (Wildman–Crippen LogP) is 6.11. The number of hydrogen-bond donors (Lipinski definition) is 1. The quantitative estimate of drug-likeness (QED) is 0.248. The first-order valence-electron chi connectivity index (χ1n) is 11.7. The fourth-order valence-electron chi connectivity index (χ4n) is 3.56. The predicted molar refractivity (Wildman–Crippen MR) is 142 cm³/mol. The monoisotopic (exact) mass is 533 g/mol. The Kier molecular flexibility index (Phi) is 8.84. The van der Waals surface area contributed by atoms with E-state index in [-0.39, 0.29) is 35.9 Å². The lowest BCUT2D eigenvalue weighted by molar-refractivity contribution is -0.119. The van der Waals surface area contributed by atoms with Gasteiger partial charge in [0.1, 0.15) is 34.3 Å². The van der Waals surface area contributed by atoms with Gasteiger partial charge in [0.05, 0.1) is 6.61 Å².